The van der Waals surface area contributed by atoms with E-state index in [1.54, 1.807) is 0 Å². The molecule has 3 rings (SSSR count). The molecule has 28 heavy (non-hydrogen) atoms. The van der Waals surface area contributed by atoms with Crippen LogP contribution in [0, 0.1) is 5.92 Å². The van der Waals surface area contributed by atoms with Gasteiger partial charge in [0.2, 0.25) is 5.91 Å². The van der Waals surface area contributed by atoms with Gasteiger partial charge in [0.25, 0.3) is 0 Å². The molecule has 1 amide bonds. The minimum absolute atomic E-state index is 0.143. The zero-order chi connectivity index (χ0) is 19.9. The molecule has 1 aliphatic rings. The number of rotatable bonds is 7. The van der Waals surface area contributed by atoms with Gasteiger partial charge in [-0.05, 0) is 67.1 Å². The fourth-order valence-corrected chi connectivity index (χ4v) is 3.87. The second-order valence-electron chi connectivity index (χ2n) is 8.11. The van der Waals surface area contributed by atoms with Crippen LogP contribution in [0.25, 0.3) is 0 Å². The molecule has 1 heterocycles. The van der Waals surface area contributed by atoms with Crippen molar-refractivity contribution in [2.45, 2.75) is 45.6 Å². The first-order valence-electron chi connectivity index (χ1n) is 10.3. The second-order valence-corrected chi connectivity index (χ2v) is 8.55. The van der Waals surface area contributed by atoms with Gasteiger partial charge in [-0.2, -0.15) is 0 Å². The second kappa shape index (κ2) is 10.1. The van der Waals surface area contributed by atoms with Crippen LogP contribution >= 0.6 is 11.6 Å². The molecule has 0 bridgehead atoms. The van der Waals surface area contributed by atoms with Gasteiger partial charge in [-0.3, -0.25) is 9.69 Å². The molecule has 2 aromatic rings. The third-order valence-corrected chi connectivity index (χ3v) is 5.89. The summed E-state index contributed by atoms with van der Waals surface area (Å²) in [7, 11) is 0. The van der Waals surface area contributed by atoms with Crippen molar-refractivity contribution in [1.82, 2.24) is 10.2 Å². The molecule has 1 aliphatic heterocycles. The zero-order valence-electron chi connectivity index (χ0n) is 17.0. The van der Waals surface area contributed by atoms with Crippen LogP contribution in [0.2, 0.25) is 5.02 Å². The molecule has 0 atom stereocenters. The fraction of sp³-hybridized carbons (Fsp3) is 0.458. The maximum atomic E-state index is 12.5. The third-order valence-electron chi connectivity index (χ3n) is 5.64. The Bertz CT molecular complexity index is 747. The number of hydrogen-bond acceptors (Lipinski definition) is 2. The molecule has 2 aromatic carbocycles. The van der Waals surface area contributed by atoms with Crippen LogP contribution < -0.4 is 5.32 Å². The molecule has 0 spiro atoms. The van der Waals surface area contributed by atoms with Crippen molar-refractivity contribution in [2.75, 3.05) is 19.6 Å². The highest BCUT2D eigenvalue weighted by molar-refractivity contribution is 6.30. The Morgan fingerprint density at radius 1 is 1.04 bits per heavy atom. The van der Waals surface area contributed by atoms with Crippen LogP contribution in [0.5, 0.6) is 0 Å². The summed E-state index contributed by atoms with van der Waals surface area (Å²) in [5.74, 6) is 0.911. The molecule has 150 valence electrons. The number of amides is 1. The van der Waals surface area contributed by atoms with Crippen molar-refractivity contribution in [2.24, 2.45) is 5.92 Å². The van der Waals surface area contributed by atoms with E-state index in [9.17, 15) is 4.79 Å². The van der Waals surface area contributed by atoms with Crippen molar-refractivity contribution < 1.29 is 4.79 Å². The summed E-state index contributed by atoms with van der Waals surface area (Å²) in [6, 6.07) is 16.8. The Hall–Kier alpha value is -1.84. The molecular formula is C24H31ClN2O. The van der Waals surface area contributed by atoms with E-state index in [1.165, 1.54) is 16.7 Å². The Labute approximate surface area is 174 Å². The van der Waals surface area contributed by atoms with Gasteiger partial charge in [-0.1, -0.05) is 61.8 Å². The van der Waals surface area contributed by atoms with Crippen LogP contribution in [0.4, 0.5) is 0 Å². The number of likely N-dealkylation sites (tertiary alicyclic amines) is 1. The summed E-state index contributed by atoms with van der Waals surface area (Å²) >= 11 is 5.95. The lowest BCUT2D eigenvalue weighted by molar-refractivity contribution is -0.126. The summed E-state index contributed by atoms with van der Waals surface area (Å²) in [6.07, 6.45) is 2.75. The molecule has 0 radical (unpaired) electrons. The maximum Gasteiger partial charge on any atom is 0.223 e. The molecule has 0 unspecified atom stereocenters. The number of nitrogens with zero attached hydrogens (tertiary/aromatic N) is 1. The molecule has 1 N–H and O–H groups in total. The topological polar surface area (TPSA) is 32.3 Å². The van der Waals surface area contributed by atoms with Crippen molar-refractivity contribution in [3.05, 3.63) is 70.2 Å². The number of nitrogens with one attached hydrogen (secondary N) is 1. The van der Waals surface area contributed by atoms with E-state index in [4.69, 9.17) is 11.6 Å². The molecule has 0 saturated carbocycles. The standard InChI is InChI=1S/C24H31ClN2O/c1-18(2)21-7-3-19(4-8-21)11-14-26-24(28)22-12-15-27(16-13-22)17-20-5-9-23(25)10-6-20/h3-10,18,22H,11-17H2,1-2H3,(H,26,28). The summed E-state index contributed by atoms with van der Waals surface area (Å²) in [5.41, 5.74) is 3.91. The molecule has 1 fully saturated rings. The van der Waals surface area contributed by atoms with Crippen molar-refractivity contribution in [3.8, 4) is 0 Å². The van der Waals surface area contributed by atoms with E-state index in [1.807, 2.05) is 12.1 Å². The molecule has 0 aromatic heterocycles. The van der Waals surface area contributed by atoms with Gasteiger partial charge in [0.15, 0.2) is 0 Å². The lowest BCUT2D eigenvalue weighted by atomic mass is 9.95. The Kier molecular flexibility index (Phi) is 7.52. The predicted octanol–water partition coefficient (Wildman–Crippen LogP) is 5.03. The highest BCUT2D eigenvalue weighted by atomic mass is 35.5. The number of hydrogen-bond donors (Lipinski definition) is 1. The highest BCUT2D eigenvalue weighted by Gasteiger charge is 2.24. The fourth-order valence-electron chi connectivity index (χ4n) is 3.74. The molecule has 1 saturated heterocycles. The highest BCUT2D eigenvalue weighted by Crippen LogP contribution is 2.20. The molecule has 0 aliphatic carbocycles. The van der Waals surface area contributed by atoms with Crippen LogP contribution in [0.15, 0.2) is 48.5 Å². The third kappa shape index (κ3) is 6.08. The van der Waals surface area contributed by atoms with Gasteiger partial charge < -0.3 is 5.32 Å². The van der Waals surface area contributed by atoms with E-state index in [2.05, 4.69) is 60.5 Å². The minimum Gasteiger partial charge on any atom is -0.356 e. The average Bonchev–Trinajstić information content (AvgIpc) is 2.70. The van der Waals surface area contributed by atoms with Gasteiger partial charge in [0, 0.05) is 24.0 Å². The number of carbonyl (C=O) groups is 1. The van der Waals surface area contributed by atoms with Crippen molar-refractivity contribution in [3.63, 3.8) is 0 Å². The number of piperidine rings is 1. The van der Waals surface area contributed by atoms with Crippen LogP contribution in [-0.2, 0) is 17.8 Å². The maximum absolute atomic E-state index is 12.5. The Morgan fingerprint density at radius 3 is 2.25 bits per heavy atom. The van der Waals surface area contributed by atoms with Gasteiger partial charge in [0.05, 0.1) is 0 Å². The number of benzene rings is 2. The Morgan fingerprint density at radius 2 is 1.64 bits per heavy atom. The van der Waals surface area contributed by atoms with Gasteiger partial charge in [-0.25, -0.2) is 0 Å². The SMILES string of the molecule is CC(C)c1ccc(CCNC(=O)C2CCN(Cc3ccc(Cl)cc3)CC2)cc1. The average molecular weight is 399 g/mol. The minimum atomic E-state index is 0.143. The van der Waals surface area contributed by atoms with E-state index in [0.29, 0.717) is 12.5 Å². The summed E-state index contributed by atoms with van der Waals surface area (Å²) in [6.45, 7) is 7.99. The lowest BCUT2D eigenvalue weighted by Gasteiger charge is -2.31. The quantitative estimate of drug-likeness (QED) is 0.709. The lowest BCUT2D eigenvalue weighted by Crippen LogP contribution is -2.40. The monoisotopic (exact) mass is 398 g/mol. The molecule has 3 nitrogen and oxygen atoms in total. The first-order valence-corrected chi connectivity index (χ1v) is 10.7. The summed E-state index contributed by atoms with van der Waals surface area (Å²) in [5, 5.41) is 3.91. The van der Waals surface area contributed by atoms with Crippen LogP contribution in [-0.4, -0.2) is 30.4 Å². The van der Waals surface area contributed by atoms with Gasteiger partial charge in [0.1, 0.15) is 0 Å². The number of carbonyl (C=O) groups excluding carboxylic acids is 1. The Balaban J connectivity index is 1.37. The summed E-state index contributed by atoms with van der Waals surface area (Å²) in [4.78, 5) is 14.9. The smallest absolute Gasteiger partial charge is 0.223 e. The van der Waals surface area contributed by atoms with E-state index < -0.39 is 0 Å². The van der Waals surface area contributed by atoms with Crippen molar-refractivity contribution >= 4 is 17.5 Å². The largest absolute Gasteiger partial charge is 0.356 e. The zero-order valence-corrected chi connectivity index (χ0v) is 17.7. The molecular weight excluding hydrogens is 368 g/mol. The van der Waals surface area contributed by atoms with Gasteiger partial charge >= 0.3 is 0 Å². The summed E-state index contributed by atoms with van der Waals surface area (Å²) < 4.78 is 0. The normalized spacial score (nSPS) is 15.7. The predicted molar refractivity (Wildman–Crippen MR) is 117 cm³/mol. The van der Waals surface area contributed by atoms with Crippen LogP contribution in [0.1, 0.15) is 49.3 Å². The van der Waals surface area contributed by atoms with E-state index in [0.717, 1.165) is 43.9 Å². The first kappa shape index (κ1) is 20.9. The van der Waals surface area contributed by atoms with Crippen molar-refractivity contribution in [1.29, 1.82) is 0 Å². The molecule has 4 heteroatoms. The van der Waals surface area contributed by atoms with Gasteiger partial charge in [-0.15, -0.1) is 0 Å². The van der Waals surface area contributed by atoms with Crippen LogP contribution in [0.3, 0.4) is 0 Å². The number of halogens is 1. The first-order chi connectivity index (χ1) is 13.5. The van der Waals surface area contributed by atoms with E-state index >= 15 is 0 Å². The van der Waals surface area contributed by atoms with E-state index in [-0.39, 0.29) is 11.8 Å².